The summed E-state index contributed by atoms with van der Waals surface area (Å²) < 4.78 is 38.0. The van der Waals surface area contributed by atoms with E-state index in [1.807, 2.05) is 0 Å². The lowest BCUT2D eigenvalue weighted by molar-refractivity contribution is -0.182. The molecule has 2 rings (SSSR count). The second kappa shape index (κ2) is 6.42. The highest BCUT2D eigenvalue weighted by Gasteiger charge is 2.41. The molecular formula is C16H21F3S. The van der Waals surface area contributed by atoms with Gasteiger partial charge in [0.2, 0.25) is 0 Å². The lowest BCUT2D eigenvalue weighted by atomic mass is 9.78. The van der Waals surface area contributed by atoms with Gasteiger partial charge >= 0.3 is 6.18 Å². The fourth-order valence-corrected chi connectivity index (χ4v) is 3.68. The molecule has 1 aliphatic carbocycles. The molecule has 0 nitrogen and oxygen atoms in total. The van der Waals surface area contributed by atoms with Crippen LogP contribution in [-0.4, -0.2) is 12.4 Å². The summed E-state index contributed by atoms with van der Waals surface area (Å²) in [6.07, 6.45) is -0.0641. The van der Waals surface area contributed by atoms with E-state index in [0.717, 1.165) is 5.75 Å². The number of thioether (sulfide) groups is 1. The van der Waals surface area contributed by atoms with Gasteiger partial charge in [-0.3, -0.25) is 0 Å². The van der Waals surface area contributed by atoms with Gasteiger partial charge in [0, 0.05) is 5.75 Å². The van der Waals surface area contributed by atoms with Crippen LogP contribution in [0.4, 0.5) is 13.2 Å². The van der Waals surface area contributed by atoms with Crippen molar-refractivity contribution in [1.29, 1.82) is 0 Å². The summed E-state index contributed by atoms with van der Waals surface area (Å²) in [5, 5.41) is 0. The molecule has 0 aliphatic heterocycles. The van der Waals surface area contributed by atoms with Gasteiger partial charge in [0.25, 0.3) is 0 Å². The van der Waals surface area contributed by atoms with E-state index in [1.165, 1.54) is 16.7 Å². The molecule has 1 saturated carbocycles. The van der Waals surface area contributed by atoms with Gasteiger partial charge < -0.3 is 0 Å². The van der Waals surface area contributed by atoms with E-state index >= 15 is 0 Å². The molecule has 1 aromatic carbocycles. The van der Waals surface area contributed by atoms with Crippen LogP contribution in [0, 0.1) is 12.8 Å². The maximum absolute atomic E-state index is 12.7. The van der Waals surface area contributed by atoms with Crippen molar-refractivity contribution in [1.82, 2.24) is 0 Å². The van der Waals surface area contributed by atoms with Crippen molar-refractivity contribution in [3.8, 4) is 0 Å². The molecular weight excluding hydrogens is 281 g/mol. The fourth-order valence-electron chi connectivity index (χ4n) is 3.04. The molecule has 1 aromatic rings. The minimum absolute atomic E-state index is 0.278. The third-order valence-electron chi connectivity index (χ3n) is 4.33. The van der Waals surface area contributed by atoms with Crippen LogP contribution >= 0.6 is 11.8 Å². The first-order valence-corrected chi connectivity index (χ1v) is 8.46. The van der Waals surface area contributed by atoms with Gasteiger partial charge in [-0.15, -0.1) is 0 Å². The van der Waals surface area contributed by atoms with Crippen LogP contribution < -0.4 is 0 Å². The Bertz CT molecular complexity index is 446. The average Bonchev–Trinajstić information content (AvgIpc) is 2.40. The number of hydrogen-bond acceptors (Lipinski definition) is 1. The number of benzene rings is 1. The first-order chi connectivity index (χ1) is 9.41. The highest BCUT2D eigenvalue weighted by molar-refractivity contribution is 7.97. The van der Waals surface area contributed by atoms with Gasteiger partial charge in [0.05, 0.1) is 5.92 Å². The molecule has 0 N–H and O–H groups in total. The Morgan fingerprint density at radius 2 is 1.80 bits per heavy atom. The minimum Gasteiger partial charge on any atom is -0.171 e. The topological polar surface area (TPSA) is 0 Å². The van der Waals surface area contributed by atoms with E-state index in [1.54, 1.807) is 11.8 Å². The Morgan fingerprint density at radius 1 is 1.15 bits per heavy atom. The standard InChI is InChI=1S/C16H21F3S/c1-11-9-13(3-4-14(11)10-20-2)12-5-7-15(8-6-12)16(17,18)19/h3-4,9,12,15H,5-8,10H2,1-2H3. The molecule has 0 saturated heterocycles. The number of aryl methyl sites for hydroxylation is 1. The average molecular weight is 302 g/mol. The highest BCUT2D eigenvalue weighted by Crippen LogP contribution is 2.43. The molecule has 1 fully saturated rings. The third-order valence-corrected chi connectivity index (χ3v) is 4.93. The molecule has 0 heterocycles. The van der Waals surface area contributed by atoms with E-state index in [9.17, 15) is 13.2 Å². The molecule has 0 bridgehead atoms. The lowest BCUT2D eigenvalue weighted by Gasteiger charge is -2.30. The van der Waals surface area contributed by atoms with Crippen LogP contribution in [-0.2, 0) is 5.75 Å². The third kappa shape index (κ3) is 3.72. The molecule has 0 atom stereocenters. The normalized spacial score (nSPS) is 23.9. The lowest BCUT2D eigenvalue weighted by Crippen LogP contribution is -2.27. The van der Waals surface area contributed by atoms with Gasteiger partial charge in [-0.1, -0.05) is 18.2 Å². The summed E-state index contributed by atoms with van der Waals surface area (Å²) in [6, 6.07) is 6.41. The zero-order chi connectivity index (χ0) is 14.8. The van der Waals surface area contributed by atoms with Crippen LogP contribution in [0.2, 0.25) is 0 Å². The number of halogens is 3. The Balaban J connectivity index is 2.02. The molecule has 0 amide bonds. The second-order valence-electron chi connectivity index (χ2n) is 5.71. The summed E-state index contributed by atoms with van der Waals surface area (Å²) in [5.74, 6) is 0.207. The van der Waals surface area contributed by atoms with Gasteiger partial charge in [0.1, 0.15) is 0 Å². The van der Waals surface area contributed by atoms with Gasteiger partial charge in [-0.05, 0) is 61.5 Å². The SMILES string of the molecule is CSCc1ccc(C2CCC(C(F)(F)F)CC2)cc1C. The van der Waals surface area contributed by atoms with E-state index < -0.39 is 12.1 Å². The van der Waals surface area contributed by atoms with E-state index in [2.05, 4.69) is 31.4 Å². The molecule has 0 aromatic heterocycles. The Morgan fingerprint density at radius 3 is 2.30 bits per heavy atom. The van der Waals surface area contributed by atoms with Gasteiger partial charge in [-0.25, -0.2) is 0 Å². The first-order valence-electron chi connectivity index (χ1n) is 7.07. The van der Waals surface area contributed by atoms with Crippen molar-refractivity contribution in [3.05, 3.63) is 34.9 Å². The fraction of sp³-hybridized carbons (Fsp3) is 0.625. The second-order valence-corrected chi connectivity index (χ2v) is 6.58. The van der Waals surface area contributed by atoms with Crippen molar-refractivity contribution >= 4 is 11.8 Å². The van der Waals surface area contributed by atoms with Gasteiger partial charge in [0.15, 0.2) is 0 Å². The van der Waals surface area contributed by atoms with Crippen LogP contribution in [0.25, 0.3) is 0 Å². The predicted octanol–water partition coefficient (Wildman–Crippen LogP) is 5.69. The Labute approximate surface area is 123 Å². The van der Waals surface area contributed by atoms with Crippen molar-refractivity contribution in [2.45, 2.75) is 50.5 Å². The van der Waals surface area contributed by atoms with Crippen molar-refractivity contribution in [2.75, 3.05) is 6.26 Å². The zero-order valence-electron chi connectivity index (χ0n) is 12.0. The highest BCUT2D eigenvalue weighted by atomic mass is 32.2. The minimum atomic E-state index is -4.01. The predicted molar refractivity (Wildman–Crippen MR) is 79.2 cm³/mol. The zero-order valence-corrected chi connectivity index (χ0v) is 12.8. The molecule has 1 aliphatic rings. The first kappa shape index (κ1) is 15.7. The smallest absolute Gasteiger partial charge is 0.171 e. The van der Waals surface area contributed by atoms with Crippen LogP contribution in [0.3, 0.4) is 0 Å². The summed E-state index contributed by atoms with van der Waals surface area (Å²) in [4.78, 5) is 0. The van der Waals surface area contributed by atoms with Crippen molar-refractivity contribution in [2.24, 2.45) is 5.92 Å². The maximum atomic E-state index is 12.7. The van der Waals surface area contributed by atoms with Gasteiger partial charge in [-0.2, -0.15) is 24.9 Å². The van der Waals surface area contributed by atoms with Crippen LogP contribution in [0.1, 0.15) is 48.3 Å². The van der Waals surface area contributed by atoms with Crippen molar-refractivity contribution < 1.29 is 13.2 Å². The molecule has 4 heteroatoms. The summed E-state index contributed by atoms with van der Waals surface area (Å²) in [5.41, 5.74) is 3.80. The van der Waals surface area contributed by atoms with Crippen LogP contribution in [0.15, 0.2) is 18.2 Å². The van der Waals surface area contributed by atoms with Crippen LogP contribution in [0.5, 0.6) is 0 Å². The monoisotopic (exact) mass is 302 g/mol. The molecule has 0 spiro atoms. The number of rotatable bonds is 3. The number of hydrogen-bond donors (Lipinski definition) is 0. The summed E-state index contributed by atoms with van der Waals surface area (Å²) in [7, 11) is 0. The summed E-state index contributed by atoms with van der Waals surface area (Å²) in [6.45, 7) is 2.09. The number of alkyl halides is 3. The van der Waals surface area contributed by atoms with E-state index in [0.29, 0.717) is 18.8 Å². The van der Waals surface area contributed by atoms with Crippen molar-refractivity contribution in [3.63, 3.8) is 0 Å². The Kier molecular flexibility index (Phi) is 5.05. The molecule has 0 radical (unpaired) electrons. The quantitative estimate of drug-likeness (QED) is 0.690. The Hall–Kier alpha value is -0.640. The molecule has 112 valence electrons. The molecule has 20 heavy (non-hydrogen) atoms. The largest absolute Gasteiger partial charge is 0.391 e. The van der Waals surface area contributed by atoms with E-state index in [4.69, 9.17) is 0 Å². The summed E-state index contributed by atoms with van der Waals surface area (Å²) >= 11 is 1.79. The maximum Gasteiger partial charge on any atom is 0.391 e. The molecule has 0 unspecified atom stereocenters. The van der Waals surface area contributed by atoms with E-state index in [-0.39, 0.29) is 12.8 Å².